The summed E-state index contributed by atoms with van der Waals surface area (Å²) in [6, 6.07) is 3.74. The molecule has 1 aromatic carbocycles. The van der Waals surface area contributed by atoms with Crippen LogP contribution < -0.4 is 5.32 Å². The van der Waals surface area contributed by atoms with Crippen LogP contribution in [0.1, 0.15) is 45.4 Å². The van der Waals surface area contributed by atoms with Crippen molar-refractivity contribution in [2.45, 2.75) is 51.6 Å². The van der Waals surface area contributed by atoms with E-state index in [0.29, 0.717) is 23.4 Å². The van der Waals surface area contributed by atoms with Crippen molar-refractivity contribution < 1.29 is 18.7 Å². The van der Waals surface area contributed by atoms with E-state index >= 15 is 0 Å². The van der Waals surface area contributed by atoms with Crippen LogP contribution >= 0.6 is 11.6 Å². The first kappa shape index (κ1) is 17.8. The van der Waals surface area contributed by atoms with E-state index in [1.807, 2.05) is 0 Å². The quantitative estimate of drug-likeness (QED) is 0.780. The Kier molecular flexibility index (Phi) is 4.46. The molecule has 1 atom stereocenters. The molecule has 5 rings (SSSR count). The van der Waals surface area contributed by atoms with E-state index in [1.54, 1.807) is 6.92 Å². The van der Waals surface area contributed by atoms with Gasteiger partial charge in [-0.05, 0) is 81.4 Å². The molecule has 26 heavy (non-hydrogen) atoms. The number of carbonyl (C=O) groups is 2. The van der Waals surface area contributed by atoms with Crippen LogP contribution in [-0.4, -0.2) is 18.0 Å². The summed E-state index contributed by atoms with van der Waals surface area (Å²) in [7, 11) is 0. The summed E-state index contributed by atoms with van der Waals surface area (Å²) in [5.74, 6) is 0.734. The van der Waals surface area contributed by atoms with Crippen LogP contribution in [0.4, 0.5) is 10.1 Å². The third-order valence-electron chi connectivity index (χ3n) is 6.31. The minimum Gasteiger partial charge on any atom is -0.452 e. The van der Waals surface area contributed by atoms with E-state index < -0.39 is 23.2 Å². The third-order valence-corrected chi connectivity index (χ3v) is 6.63. The van der Waals surface area contributed by atoms with Crippen molar-refractivity contribution in [2.75, 3.05) is 5.32 Å². The molecule has 0 aromatic heterocycles. The van der Waals surface area contributed by atoms with Gasteiger partial charge in [0.1, 0.15) is 5.82 Å². The van der Waals surface area contributed by atoms with Crippen LogP contribution in [0, 0.1) is 29.0 Å². The lowest BCUT2D eigenvalue weighted by Gasteiger charge is -2.55. The Labute approximate surface area is 157 Å². The zero-order valence-electron chi connectivity index (χ0n) is 14.8. The van der Waals surface area contributed by atoms with Gasteiger partial charge in [0.05, 0.1) is 16.1 Å². The van der Waals surface area contributed by atoms with Crippen LogP contribution in [0.2, 0.25) is 5.02 Å². The van der Waals surface area contributed by atoms with E-state index in [-0.39, 0.29) is 11.0 Å². The lowest BCUT2D eigenvalue weighted by atomic mass is 9.49. The minimum absolute atomic E-state index is 0.109. The molecule has 4 aliphatic rings. The van der Waals surface area contributed by atoms with Gasteiger partial charge in [-0.1, -0.05) is 11.6 Å². The predicted octanol–water partition coefficient (Wildman–Crippen LogP) is 4.57. The van der Waals surface area contributed by atoms with Crippen molar-refractivity contribution in [3.63, 3.8) is 0 Å². The first-order valence-corrected chi connectivity index (χ1v) is 9.69. The van der Waals surface area contributed by atoms with Crippen molar-refractivity contribution in [1.82, 2.24) is 0 Å². The highest BCUT2D eigenvalue weighted by Gasteiger charge is 2.55. The zero-order valence-corrected chi connectivity index (χ0v) is 15.5. The molecule has 4 nitrogen and oxygen atoms in total. The molecule has 0 radical (unpaired) electrons. The van der Waals surface area contributed by atoms with E-state index in [9.17, 15) is 14.0 Å². The van der Waals surface area contributed by atoms with Crippen molar-refractivity contribution in [3.8, 4) is 0 Å². The molecule has 0 saturated heterocycles. The van der Waals surface area contributed by atoms with Crippen molar-refractivity contribution in [1.29, 1.82) is 0 Å². The topological polar surface area (TPSA) is 55.4 Å². The van der Waals surface area contributed by atoms with Gasteiger partial charge in [0, 0.05) is 0 Å². The van der Waals surface area contributed by atoms with Gasteiger partial charge in [0.15, 0.2) is 6.10 Å². The number of esters is 1. The van der Waals surface area contributed by atoms with Crippen molar-refractivity contribution in [3.05, 3.63) is 29.0 Å². The highest BCUT2D eigenvalue weighted by molar-refractivity contribution is 6.33. The second-order valence-corrected chi connectivity index (χ2v) is 8.77. The maximum atomic E-state index is 13.1. The molecule has 0 aliphatic heterocycles. The predicted molar refractivity (Wildman–Crippen MR) is 96.2 cm³/mol. The van der Waals surface area contributed by atoms with Crippen LogP contribution in [0.3, 0.4) is 0 Å². The van der Waals surface area contributed by atoms with Gasteiger partial charge in [-0.25, -0.2) is 4.39 Å². The number of hydrogen-bond donors (Lipinski definition) is 1. The number of hydrogen-bond acceptors (Lipinski definition) is 3. The molecule has 6 heteroatoms. The fraction of sp³-hybridized carbons (Fsp3) is 0.600. The second-order valence-electron chi connectivity index (χ2n) is 8.36. The van der Waals surface area contributed by atoms with Crippen LogP contribution in [0.5, 0.6) is 0 Å². The number of nitrogens with one attached hydrogen (secondary N) is 1. The smallest absolute Gasteiger partial charge is 0.312 e. The summed E-state index contributed by atoms with van der Waals surface area (Å²) in [4.78, 5) is 25.3. The van der Waals surface area contributed by atoms with Crippen LogP contribution in [0.15, 0.2) is 18.2 Å². The lowest BCUT2D eigenvalue weighted by molar-refractivity contribution is -0.177. The summed E-state index contributed by atoms with van der Waals surface area (Å²) in [6.07, 6.45) is 5.50. The maximum Gasteiger partial charge on any atom is 0.312 e. The fourth-order valence-electron chi connectivity index (χ4n) is 5.52. The number of rotatable bonds is 4. The Morgan fingerprint density at radius 1 is 1.19 bits per heavy atom. The zero-order chi connectivity index (χ0) is 18.5. The number of anilines is 1. The number of carbonyl (C=O) groups excluding carboxylic acids is 2. The van der Waals surface area contributed by atoms with E-state index in [4.69, 9.17) is 16.3 Å². The summed E-state index contributed by atoms with van der Waals surface area (Å²) < 4.78 is 18.7. The van der Waals surface area contributed by atoms with E-state index in [2.05, 4.69) is 5.32 Å². The molecule has 1 amide bonds. The molecule has 1 aromatic rings. The van der Waals surface area contributed by atoms with Gasteiger partial charge in [-0.2, -0.15) is 0 Å². The van der Waals surface area contributed by atoms with Gasteiger partial charge in [-0.3, -0.25) is 9.59 Å². The van der Waals surface area contributed by atoms with Crippen molar-refractivity contribution in [2.24, 2.45) is 23.2 Å². The number of halogens is 2. The molecule has 1 N–H and O–H groups in total. The Morgan fingerprint density at radius 2 is 1.77 bits per heavy atom. The average molecular weight is 380 g/mol. The molecule has 4 fully saturated rings. The monoisotopic (exact) mass is 379 g/mol. The van der Waals surface area contributed by atoms with Gasteiger partial charge in [0.25, 0.3) is 5.91 Å². The van der Waals surface area contributed by atoms with Gasteiger partial charge >= 0.3 is 5.97 Å². The molecule has 140 valence electrons. The molecule has 0 spiro atoms. The van der Waals surface area contributed by atoms with Crippen molar-refractivity contribution >= 4 is 29.2 Å². The molecule has 0 heterocycles. The summed E-state index contributed by atoms with van der Waals surface area (Å²) in [5, 5.41) is 2.71. The molecule has 4 aliphatic carbocycles. The van der Waals surface area contributed by atoms with Gasteiger partial charge in [0.2, 0.25) is 0 Å². The largest absolute Gasteiger partial charge is 0.452 e. The highest BCUT2D eigenvalue weighted by Crippen LogP contribution is 2.60. The number of amides is 1. The molecule has 4 bridgehead atoms. The van der Waals surface area contributed by atoms with E-state index in [0.717, 1.165) is 25.3 Å². The van der Waals surface area contributed by atoms with Gasteiger partial charge < -0.3 is 10.1 Å². The summed E-state index contributed by atoms with van der Waals surface area (Å²) in [6.45, 7) is 1.56. The van der Waals surface area contributed by atoms with Crippen LogP contribution in [-0.2, 0) is 14.3 Å². The standard InChI is InChI=1S/C20H23ClFNO3/c1-11(18(24)23-17-3-2-15(22)7-16(17)21)26-19(25)20-8-12-4-13(9-20)6-14(5-12)10-20/h2-3,7,11-14H,4-6,8-10H2,1H3,(H,23,24)/t11-,12?,13?,14?,20?/m0/s1. The Hall–Kier alpha value is -1.62. The fourth-order valence-corrected chi connectivity index (χ4v) is 5.74. The molecule has 0 unspecified atom stereocenters. The first-order chi connectivity index (χ1) is 12.3. The summed E-state index contributed by atoms with van der Waals surface area (Å²) >= 11 is 5.93. The van der Waals surface area contributed by atoms with E-state index in [1.165, 1.54) is 31.4 Å². The number of benzene rings is 1. The normalized spacial score (nSPS) is 33.0. The maximum absolute atomic E-state index is 13.1. The lowest BCUT2D eigenvalue weighted by Crippen LogP contribution is -2.51. The Bertz CT molecular complexity index is 715. The second kappa shape index (κ2) is 6.52. The summed E-state index contributed by atoms with van der Waals surface area (Å²) in [5.41, 5.74) is -0.0904. The minimum atomic E-state index is -0.920. The first-order valence-electron chi connectivity index (χ1n) is 9.31. The van der Waals surface area contributed by atoms with Crippen LogP contribution in [0.25, 0.3) is 0 Å². The number of ether oxygens (including phenoxy) is 1. The van der Waals surface area contributed by atoms with Gasteiger partial charge in [-0.15, -0.1) is 0 Å². The molecule has 4 saturated carbocycles. The molecular weight excluding hydrogens is 357 g/mol. The SMILES string of the molecule is C[C@H](OC(=O)C12CC3CC(CC(C3)C1)C2)C(=O)Nc1ccc(F)cc1Cl. The Balaban J connectivity index is 1.40. The Morgan fingerprint density at radius 3 is 2.31 bits per heavy atom. The highest BCUT2D eigenvalue weighted by atomic mass is 35.5. The average Bonchev–Trinajstić information content (AvgIpc) is 2.56. The third kappa shape index (κ3) is 3.22. The molecular formula is C20H23ClFNO3.